The maximum atomic E-state index is 6.05. The van der Waals surface area contributed by atoms with Gasteiger partial charge in [-0.25, -0.2) is 0 Å². The van der Waals surface area contributed by atoms with Crippen LogP contribution in [0, 0.1) is 0 Å². The van der Waals surface area contributed by atoms with Crippen LogP contribution in [0.15, 0.2) is 18.2 Å². The minimum atomic E-state index is 0.575. The van der Waals surface area contributed by atoms with E-state index in [1.54, 1.807) is 0 Å². The molecule has 2 atom stereocenters. The molecule has 15 heavy (non-hydrogen) atoms. The molecule has 0 unspecified atom stereocenters. The molecular weight excluding hydrogens is 208 g/mol. The summed E-state index contributed by atoms with van der Waals surface area (Å²) in [6.07, 6.45) is 1.16. The number of hydrogen-bond donors (Lipinski definition) is 1. The summed E-state index contributed by atoms with van der Waals surface area (Å²) < 4.78 is 0. The third kappa shape index (κ3) is 1.52. The van der Waals surface area contributed by atoms with Gasteiger partial charge in [0.25, 0.3) is 0 Å². The van der Waals surface area contributed by atoms with E-state index in [1.165, 1.54) is 11.3 Å². The maximum Gasteiger partial charge on any atom is 0.0456 e. The molecule has 1 saturated heterocycles. The second-order valence-electron chi connectivity index (χ2n) is 4.59. The molecule has 0 amide bonds. The molecule has 3 heteroatoms. The fourth-order valence-corrected chi connectivity index (χ4v) is 2.83. The zero-order valence-corrected chi connectivity index (χ0v) is 9.59. The lowest BCUT2D eigenvalue weighted by Crippen LogP contribution is -2.54. The molecule has 0 saturated carbocycles. The molecule has 0 bridgehead atoms. The zero-order valence-electron chi connectivity index (χ0n) is 8.83. The number of piperazine rings is 1. The van der Waals surface area contributed by atoms with Crippen LogP contribution in [0.5, 0.6) is 0 Å². The first-order valence-electron chi connectivity index (χ1n) is 5.52. The third-order valence-corrected chi connectivity index (χ3v) is 3.66. The van der Waals surface area contributed by atoms with Crippen LogP contribution in [0.4, 0.5) is 5.69 Å². The summed E-state index contributed by atoms with van der Waals surface area (Å²) >= 11 is 6.05. The molecule has 1 N–H and O–H groups in total. The van der Waals surface area contributed by atoms with Crippen LogP contribution < -0.4 is 10.2 Å². The van der Waals surface area contributed by atoms with Gasteiger partial charge in [0.1, 0.15) is 0 Å². The molecule has 3 rings (SSSR count). The topological polar surface area (TPSA) is 15.3 Å². The Balaban J connectivity index is 1.98. The Bertz CT molecular complexity index is 391. The molecule has 2 nitrogen and oxygen atoms in total. The first kappa shape index (κ1) is 9.49. The Morgan fingerprint density at radius 1 is 1.47 bits per heavy atom. The number of rotatable bonds is 0. The monoisotopic (exact) mass is 222 g/mol. The van der Waals surface area contributed by atoms with Gasteiger partial charge in [0.05, 0.1) is 0 Å². The summed E-state index contributed by atoms with van der Waals surface area (Å²) in [5, 5.41) is 4.38. The second-order valence-corrected chi connectivity index (χ2v) is 5.03. The minimum Gasteiger partial charge on any atom is -0.365 e. The smallest absolute Gasteiger partial charge is 0.0456 e. The van der Waals surface area contributed by atoms with Crippen LogP contribution in [0.3, 0.4) is 0 Å². The van der Waals surface area contributed by atoms with Crippen molar-refractivity contribution in [1.29, 1.82) is 0 Å². The van der Waals surface area contributed by atoms with Gasteiger partial charge in [0.15, 0.2) is 0 Å². The fourth-order valence-electron chi connectivity index (χ4n) is 2.66. The standard InChI is InChI=1S/C12H15ClN2/c1-8-7-15-11(6-14-8)4-9-2-3-10(13)5-12(9)15/h2-3,5,8,11,14H,4,6-7H2,1H3/t8-,11-/m1/s1. The maximum absolute atomic E-state index is 6.05. The molecule has 2 heterocycles. The van der Waals surface area contributed by atoms with Crippen LogP contribution in [0.25, 0.3) is 0 Å². The summed E-state index contributed by atoms with van der Waals surface area (Å²) in [4.78, 5) is 2.50. The summed E-state index contributed by atoms with van der Waals surface area (Å²) in [5.41, 5.74) is 2.79. The van der Waals surface area contributed by atoms with E-state index in [0.29, 0.717) is 12.1 Å². The van der Waals surface area contributed by atoms with Crippen LogP contribution in [-0.2, 0) is 6.42 Å². The summed E-state index contributed by atoms with van der Waals surface area (Å²) in [7, 11) is 0. The number of benzene rings is 1. The Kier molecular flexibility index (Phi) is 2.15. The van der Waals surface area contributed by atoms with Crippen molar-refractivity contribution < 1.29 is 0 Å². The van der Waals surface area contributed by atoms with Crippen LogP contribution >= 0.6 is 11.6 Å². The van der Waals surface area contributed by atoms with E-state index in [4.69, 9.17) is 11.6 Å². The molecule has 1 aromatic rings. The molecule has 80 valence electrons. The minimum absolute atomic E-state index is 0.575. The van der Waals surface area contributed by atoms with Gasteiger partial charge in [0, 0.05) is 35.9 Å². The van der Waals surface area contributed by atoms with E-state index in [0.717, 1.165) is 24.5 Å². The van der Waals surface area contributed by atoms with E-state index in [1.807, 2.05) is 6.07 Å². The van der Waals surface area contributed by atoms with Crippen molar-refractivity contribution in [3.05, 3.63) is 28.8 Å². The van der Waals surface area contributed by atoms with Gasteiger partial charge in [-0.2, -0.15) is 0 Å². The average Bonchev–Trinajstić information content (AvgIpc) is 2.56. The lowest BCUT2D eigenvalue weighted by atomic mass is 10.1. The van der Waals surface area contributed by atoms with Gasteiger partial charge >= 0.3 is 0 Å². The molecular formula is C12H15ClN2. The first-order valence-corrected chi connectivity index (χ1v) is 5.90. The van der Waals surface area contributed by atoms with Crippen LogP contribution in [0.2, 0.25) is 5.02 Å². The molecule has 1 aromatic carbocycles. The van der Waals surface area contributed by atoms with Crippen LogP contribution in [0.1, 0.15) is 12.5 Å². The van der Waals surface area contributed by atoms with Gasteiger partial charge in [-0.15, -0.1) is 0 Å². The predicted octanol–water partition coefficient (Wildman–Crippen LogP) is 2.06. The van der Waals surface area contributed by atoms with Gasteiger partial charge in [-0.1, -0.05) is 17.7 Å². The number of fused-ring (bicyclic) bond motifs is 3. The molecule has 2 aliphatic rings. The fraction of sp³-hybridized carbons (Fsp3) is 0.500. The Hall–Kier alpha value is -0.730. The molecule has 0 radical (unpaired) electrons. The van der Waals surface area contributed by atoms with Crippen molar-refractivity contribution in [1.82, 2.24) is 5.32 Å². The Morgan fingerprint density at radius 2 is 2.33 bits per heavy atom. The third-order valence-electron chi connectivity index (χ3n) is 3.43. The zero-order chi connectivity index (χ0) is 10.4. The lowest BCUT2D eigenvalue weighted by molar-refractivity contribution is 0.422. The van der Waals surface area contributed by atoms with E-state index in [2.05, 4.69) is 29.3 Å². The van der Waals surface area contributed by atoms with Crippen molar-refractivity contribution >= 4 is 17.3 Å². The largest absolute Gasteiger partial charge is 0.365 e. The van der Waals surface area contributed by atoms with Crippen molar-refractivity contribution in [3.8, 4) is 0 Å². The van der Waals surface area contributed by atoms with E-state index >= 15 is 0 Å². The lowest BCUT2D eigenvalue weighted by Gasteiger charge is -2.36. The quantitative estimate of drug-likeness (QED) is 0.723. The number of nitrogens with zero attached hydrogens (tertiary/aromatic N) is 1. The molecule has 2 aliphatic heterocycles. The number of nitrogens with one attached hydrogen (secondary N) is 1. The highest BCUT2D eigenvalue weighted by Crippen LogP contribution is 2.35. The van der Waals surface area contributed by atoms with Crippen molar-refractivity contribution in [2.45, 2.75) is 25.4 Å². The van der Waals surface area contributed by atoms with E-state index in [-0.39, 0.29) is 0 Å². The van der Waals surface area contributed by atoms with Crippen LogP contribution in [-0.4, -0.2) is 25.2 Å². The molecule has 0 aromatic heterocycles. The Morgan fingerprint density at radius 3 is 3.20 bits per heavy atom. The molecule has 1 fully saturated rings. The molecule has 0 aliphatic carbocycles. The average molecular weight is 223 g/mol. The van der Waals surface area contributed by atoms with Gasteiger partial charge in [0.2, 0.25) is 0 Å². The Labute approximate surface area is 95.2 Å². The summed E-state index contributed by atoms with van der Waals surface area (Å²) in [6.45, 7) is 4.42. The molecule has 0 spiro atoms. The number of halogens is 1. The van der Waals surface area contributed by atoms with Crippen molar-refractivity contribution in [3.63, 3.8) is 0 Å². The normalized spacial score (nSPS) is 28.8. The SMILES string of the molecule is C[C@@H]1CN2c3cc(Cl)ccc3C[C@@H]2CN1. The number of anilines is 1. The predicted molar refractivity (Wildman–Crippen MR) is 63.8 cm³/mol. The van der Waals surface area contributed by atoms with Gasteiger partial charge in [-0.05, 0) is 31.0 Å². The van der Waals surface area contributed by atoms with Gasteiger partial charge in [-0.3, -0.25) is 0 Å². The number of hydrogen-bond acceptors (Lipinski definition) is 2. The highest BCUT2D eigenvalue weighted by atomic mass is 35.5. The summed E-state index contributed by atoms with van der Waals surface area (Å²) in [5.74, 6) is 0. The van der Waals surface area contributed by atoms with Crippen molar-refractivity contribution in [2.75, 3.05) is 18.0 Å². The van der Waals surface area contributed by atoms with E-state index < -0.39 is 0 Å². The highest BCUT2D eigenvalue weighted by molar-refractivity contribution is 6.30. The van der Waals surface area contributed by atoms with E-state index in [9.17, 15) is 0 Å². The highest BCUT2D eigenvalue weighted by Gasteiger charge is 2.33. The van der Waals surface area contributed by atoms with Crippen molar-refractivity contribution in [2.24, 2.45) is 0 Å². The summed E-state index contributed by atoms with van der Waals surface area (Å²) in [6, 6.07) is 7.48. The first-order chi connectivity index (χ1) is 7.24. The van der Waals surface area contributed by atoms with Gasteiger partial charge < -0.3 is 10.2 Å². The second kappa shape index (κ2) is 3.39.